The van der Waals surface area contributed by atoms with Crippen LogP contribution in [0.2, 0.25) is 0 Å². The van der Waals surface area contributed by atoms with Crippen molar-refractivity contribution < 1.29 is 22.9 Å². The lowest BCUT2D eigenvalue weighted by atomic mass is 9.91. The zero-order valence-corrected chi connectivity index (χ0v) is 12.2. The van der Waals surface area contributed by atoms with E-state index in [4.69, 9.17) is 0 Å². The molecule has 0 unspecified atom stereocenters. The third-order valence-electron chi connectivity index (χ3n) is 3.86. The van der Waals surface area contributed by atoms with E-state index in [2.05, 4.69) is 5.32 Å². The molecular formula is C16H11F3N2O3. The SMILES string of the molecule is O=C1CCc2c(cccc2-c2ccc(C(F)(F)F)cc2[N+](=O)[O-])N1. The third kappa shape index (κ3) is 2.82. The van der Waals surface area contributed by atoms with Gasteiger partial charge in [0.05, 0.1) is 16.1 Å². The minimum absolute atomic E-state index is 0.0981. The van der Waals surface area contributed by atoms with Gasteiger partial charge >= 0.3 is 6.18 Å². The number of hydrogen-bond donors (Lipinski definition) is 1. The van der Waals surface area contributed by atoms with Gasteiger partial charge in [-0.25, -0.2) is 0 Å². The Morgan fingerprint density at radius 3 is 2.50 bits per heavy atom. The van der Waals surface area contributed by atoms with Crippen molar-refractivity contribution in [2.75, 3.05) is 5.32 Å². The van der Waals surface area contributed by atoms with Crippen molar-refractivity contribution in [2.45, 2.75) is 19.0 Å². The summed E-state index contributed by atoms with van der Waals surface area (Å²) in [6, 6.07) is 7.32. The number of nitrogens with zero attached hydrogens (tertiary/aromatic N) is 1. The van der Waals surface area contributed by atoms with Crippen LogP contribution in [0.5, 0.6) is 0 Å². The molecule has 1 N–H and O–H groups in total. The molecule has 124 valence electrons. The summed E-state index contributed by atoms with van der Waals surface area (Å²) in [6.07, 6.45) is -4.07. The maximum absolute atomic E-state index is 12.8. The van der Waals surface area contributed by atoms with E-state index in [1.165, 1.54) is 0 Å². The molecule has 24 heavy (non-hydrogen) atoms. The summed E-state index contributed by atoms with van der Waals surface area (Å²) < 4.78 is 38.4. The van der Waals surface area contributed by atoms with Gasteiger partial charge in [0.15, 0.2) is 0 Å². The first kappa shape index (κ1) is 16.0. The molecule has 5 nitrogen and oxygen atoms in total. The average Bonchev–Trinajstić information content (AvgIpc) is 2.52. The summed E-state index contributed by atoms with van der Waals surface area (Å²) in [5.74, 6) is -0.165. The fraction of sp³-hybridized carbons (Fsp3) is 0.188. The van der Waals surface area contributed by atoms with Crippen LogP contribution < -0.4 is 5.32 Å². The number of carbonyl (C=O) groups is 1. The molecule has 1 heterocycles. The summed E-state index contributed by atoms with van der Waals surface area (Å²) in [5, 5.41) is 13.9. The van der Waals surface area contributed by atoms with Gasteiger partial charge in [0.1, 0.15) is 0 Å². The van der Waals surface area contributed by atoms with Crippen LogP contribution in [0.3, 0.4) is 0 Å². The van der Waals surface area contributed by atoms with Crippen LogP contribution in [0.25, 0.3) is 11.1 Å². The van der Waals surface area contributed by atoms with E-state index in [0.717, 1.165) is 12.1 Å². The topological polar surface area (TPSA) is 72.2 Å². The fourth-order valence-electron chi connectivity index (χ4n) is 2.76. The lowest BCUT2D eigenvalue weighted by molar-refractivity contribution is -0.384. The Bertz CT molecular complexity index is 847. The Morgan fingerprint density at radius 1 is 1.08 bits per heavy atom. The van der Waals surface area contributed by atoms with Gasteiger partial charge in [-0.3, -0.25) is 14.9 Å². The molecule has 1 amide bonds. The highest BCUT2D eigenvalue weighted by Gasteiger charge is 2.33. The lowest BCUT2D eigenvalue weighted by Gasteiger charge is -2.20. The molecule has 1 aliphatic rings. The van der Waals surface area contributed by atoms with E-state index in [-0.39, 0.29) is 17.9 Å². The van der Waals surface area contributed by atoms with Crippen molar-refractivity contribution in [3.8, 4) is 11.1 Å². The Hall–Kier alpha value is -2.90. The molecule has 0 spiro atoms. The first-order valence-corrected chi connectivity index (χ1v) is 7.05. The van der Waals surface area contributed by atoms with Crippen LogP contribution in [0.1, 0.15) is 17.5 Å². The fourth-order valence-corrected chi connectivity index (χ4v) is 2.76. The van der Waals surface area contributed by atoms with E-state index in [1.807, 2.05) is 0 Å². The Kier molecular flexibility index (Phi) is 3.75. The highest BCUT2D eigenvalue weighted by molar-refractivity contribution is 5.96. The number of nitrogens with one attached hydrogen (secondary N) is 1. The lowest BCUT2D eigenvalue weighted by Crippen LogP contribution is -2.19. The quantitative estimate of drug-likeness (QED) is 0.661. The predicted octanol–water partition coefficient (Wildman–Crippen LogP) is 4.17. The molecule has 2 aromatic carbocycles. The molecule has 0 aromatic heterocycles. The van der Waals surface area contributed by atoms with Gasteiger partial charge in [-0.1, -0.05) is 12.1 Å². The first-order chi connectivity index (χ1) is 11.3. The van der Waals surface area contributed by atoms with Crippen molar-refractivity contribution in [3.63, 3.8) is 0 Å². The van der Waals surface area contributed by atoms with Crippen LogP contribution in [0.15, 0.2) is 36.4 Å². The van der Waals surface area contributed by atoms with Crippen molar-refractivity contribution in [3.05, 3.63) is 57.6 Å². The van der Waals surface area contributed by atoms with Crippen LogP contribution >= 0.6 is 0 Å². The summed E-state index contributed by atoms with van der Waals surface area (Å²) >= 11 is 0. The van der Waals surface area contributed by atoms with E-state index in [1.54, 1.807) is 18.2 Å². The minimum atomic E-state index is -4.66. The maximum Gasteiger partial charge on any atom is 0.416 e. The second kappa shape index (κ2) is 5.63. The minimum Gasteiger partial charge on any atom is -0.326 e. The van der Waals surface area contributed by atoms with Crippen molar-refractivity contribution >= 4 is 17.3 Å². The monoisotopic (exact) mass is 336 g/mol. The number of benzene rings is 2. The van der Waals surface area contributed by atoms with Gasteiger partial charge in [0.25, 0.3) is 5.69 Å². The number of fused-ring (bicyclic) bond motifs is 1. The Labute approximate surface area is 134 Å². The molecule has 2 aromatic rings. The average molecular weight is 336 g/mol. The standard InChI is InChI=1S/C16H11F3N2O3/c17-16(18,19)9-4-5-12(14(8-9)21(23)24)10-2-1-3-13-11(10)6-7-15(22)20-13/h1-5,8H,6-7H2,(H,20,22). The number of nitro benzene ring substituents is 1. The van der Waals surface area contributed by atoms with Gasteiger partial charge in [-0.15, -0.1) is 0 Å². The van der Waals surface area contributed by atoms with Gasteiger partial charge in [0.2, 0.25) is 5.91 Å². The molecule has 0 saturated carbocycles. The number of nitro groups is 1. The molecule has 8 heteroatoms. The summed E-state index contributed by atoms with van der Waals surface area (Å²) in [6.45, 7) is 0. The van der Waals surface area contributed by atoms with Crippen LogP contribution in [0.4, 0.5) is 24.5 Å². The molecule has 1 aliphatic heterocycles. The normalized spacial score (nSPS) is 14.0. The predicted molar refractivity (Wildman–Crippen MR) is 80.5 cm³/mol. The van der Waals surface area contributed by atoms with Crippen molar-refractivity contribution in [1.29, 1.82) is 0 Å². The number of carbonyl (C=O) groups excluding carboxylic acids is 1. The zero-order valence-electron chi connectivity index (χ0n) is 12.2. The van der Waals surface area contributed by atoms with E-state index in [9.17, 15) is 28.1 Å². The smallest absolute Gasteiger partial charge is 0.326 e. The van der Waals surface area contributed by atoms with E-state index in [0.29, 0.717) is 29.3 Å². The van der Waals surface area contributed by atoms with E-state index >= 15 is 0 Å². The van der Waals surface area contributed by atoms with Gasteiger partial charge < -0.3 is 5.32 Å². The third-order valence-corrected chi connectivity index (χ3v) is 3.86. The second-order valence-electron chi connectivity index (χ2n) is 5.37. The Morgan fingerprint density at radius 2 is 1.83 bits per heavy atom. The number of rotatable bonds is 2. The second-order valence-corrected chi connectivity index (χ2v) is 5.37. The largest absolute Gasteiger partial charge is 0.416 e. The molecule has 3 rings (SSSR count). The number of hydrogen-bond acceptors (Lipinski definition) is 3. The maximum atomic E-state index is 12.8. The van der Waals surface area contributed by atoms with E-state index < -0.39 is 22.4 Å². The summed E-state index contributed by atoms with van der Waals surface area (Å²) in [4.78, 5) is 21.9. The molecular weight excluding hydrogens is 325 g/mol. The number of amides is 1. The molecule has 0 radical (unpaired) electrons. The van der Waals surface area contributed by atoms with Crippen LogP contribution in [0, 0.1) is 10.1 Å². The zero-order chi connectivity index (χ0) is 17.5. The summed E-state index contributed by atoms with van der Waals surface area (Å²) in [7, 11) is 0. The molecule has 0 fully saturated rings. The molecule has 0 atom stereocenters. The van der Waals surface area contributed by atoms with Gasteiger partial charge in [-0.05, 0) is 35.7 Å². The summed E-state index contributed by atoms with van der Waals surface area (Å²) in [5.41, 5.74) is 0.0676. The Balaban J connectivity index is 2.19. The van der Waals surface area contributed by atoms with Crippen molar-refractivity contribution in [1.82, 2.24) is 0 Å². The van der Waals surface area contributed by atoms with Gasteiger partial charge in [0, 0.05) is 18.2 Å². The first-order valence-electron chi connectivity index (χ1n) is 7.05. The van der Waals surface area contributed by atoms with Crippen LogP contribution in [-0.4, -0.2) is 10.8 Å². The number of halogens is 3. The number of anilines is 1. The molecule has 0 saturated heterocycles. The van der Waals surface area contributed by atoms with Gasteiger partial charge in [-0.2, -0.15) is 13.2 Å². The molecule has 0 bridgehead atoms. The van der Waals surface area contributed by atoms with Crippen molar-refractivity contribution in [2.24, 2.45) is 0 Å². The highest BCUT2D eigenvalue weighted by atomic mass is 19.4. The van der Waals surface area contributed by atoms with Crippen LogP contribution in [-0.2, 0) is 17.4 Å². The molecule has 0 aliphatic carbocycles. The number of alkyl halides is 3. The highest BCUT2D eigenvalue weighted by Crippen LogP contribution is 2.40.